The van der Waals surface area contributed by atoms with Crippen LogP contribution in [0.5, 0.6) is 17.2 Å². The van der Waals surface area contributed by atoms with E-state index in [9.17, 15) is 9.59 Å². The van der Waals surface area contributed by atoms with Crippen molar-refractivity contribution in [2.24, 2.45) is 7.05 Å². The Bertz CT molecular complexity index is 1170. The molecule has 10 heteroatoms. The lowest BCUT2D eigenvalue weighted by atomic mass is 9.99. The third-order valence-corrected chi connectivity index (χ3v) is 4.79. The van der Waals surface area contributed by atoms with E-state index in [4.69, 9.17) is 9.47 Å². The molecule has 0 spiro atoms. The lowest BCUT2D eigenvalue weighted by Crippen LogP contribution is -2.24. The Kier molecular flexibility index (Phi) is 5.52. The lowest BCUT2D eigenvalue weighted by Gasteiger charge is -2.16. The molecule has 4 rings (SSSR count). The predicted octanol–water partition coefficient (Wildman–Crippen LogP) is 2.72. The summed E-state index contributed by atoms with van der Waals surface area (Å²) in [6, 6.07) is 6.61. The van der Waals surface area contributed by atoms with E-state index in [2.05, 4.69) is 25.8 Å². The third kappa shape index (κ3) is 4.53. The van der Waals surface area contributed by atoms with Crippen LogP contribution in [-0.2, 0) is 13.5 Å². The number of anilines is 1. The number of rotatable bonds is 6. The first-order valence-corrected chi connectivity index (χ1v) is 10.2. The summed E-state index contributed by atoms with van der Waals surface area (Å²) in [7, 11) is 1.66. The fraction of sp³-hybridized carbons (Fsp3) is 0.318. The molecule has 2 aromatic heterocycles. The maximum Gasteiger partial charge on any atom is 0.269 e. The highest BCUT2D eigenvalue weighted by Gasteiger charge is 2.34. The zero-order valence-electron chi connectivity index (χ0n) is 18.3. The maximum atomic E-state index is 12.8. The molecule has 0 aliphatic carbocycles. The standard InChI is InChI=1S/C22H24N6O4/c1-5-23-21(30)16-7-6-14(11-24-16)31-17-8-13(9-18-15(17)10-22(2,3)32-18)20(29)26-19-12-25-28(4)27-19/h6-9,11-12H,5,10H2,1-4H3,(H,23,30)(H,26,27,29). The van der Waals surface area contributed by atoms with Crippen LogP contribution in [-0.4, -0.2) is 43.9 Å². The van der Waals surface area contributed by atoms with Crippen LogP contribution in [0.15, 0.2) is 36.7 Å². The van der Waals surface area contributed by atoms with Gasteiger partial charge in [-0.1, -0.05) is 0 Å². The molecule has 0 saturated heterocycles. The molecular weight excluding hydrogens is 412 g/mol. The highest BCUT2D eigenvalue weighted by Crippen LogP contribution is 2.43. The average Bonchev–Trinajstić information content (AvgIpc) is 3.29. The van der Waals surface area contributed by atoms with Crippen molar-refractivity contribution < 1.29 is 19.1 Å². The van der Waals surface area contributed by atoms with Crippen LogP contribution in [0, 0.1) is 0 Å². The normalized spacial score (nSPS) is 13.8. The van der Waals surface area contributed by atoms with Gasteiger partial charge in [-0.05, 0) is 45.0 Å². The molecule has 1 aliphatic rings. The Morgan fingerprint density at radius 3 is 2.69 bits per heavy atom. The summed E-state index contributed by atoms with van der Waals surface area (Å²) in [5, 5.41) is 13.4. The van der Waals surface area contributed by atoms with Crippen LogP contribution < -0.4 is 20.1 Å². The first kappa shape index (κ1) is 21.3. The zero-order valence-corrected chi connectivity index (χ0v) is 18.3. The van der Waals surface area contributed by atoms with Crippen LogP contribution in [0.3, 0.4) is 0 Å². The fourth-order valence-electron chi connectivity index (χ4n) is 3.41. The second-order valence-electron chi connectivity index (χ2n) is 8.00. The number of fused-ring (bicyclic) bond motifs is 1. The van der Waals surface area contributed by atoms with Gasteiger partial charge in [-0.15, -0.1) is 5.10 Å². The van der Waals surface area contributed by atoms with Gasteiger partial charge >= 0.3 is 0 Å². The molecule has 166 valence electrons. The van der Waals surface area contributed by atoms with E-state index in [1.807, 2.05) is 20.8 Å². The van der Waals surface area contributed by atoms with Gasteiger partial charge in [0.2, 0.25) is 0 Å². The monoisotopic (exact) mass is 436 g/mol. The van der Waals surface area contributed by atoms with Crippen molar-refractivity contribution in [1.29, 1.82) is 0 Å². The SMILES string of the molecule is CCNC(=O)c1ccc(Oc2cc(C(=O)Nc3cnn(C)n3)cc3c2CC(C)(C)O3)cn1. The number of ether oxygens (including phenoxy) is 2. The van der Waals surface area contributed by atoms with Crippen LogP contribution in [0.2, 0.25) is 0 Å². The molecule has 2 N–H and O–H groups in total. The van der Waals surface area contributed by atoms with Crippen molar-refractivity contribution in [3.05, 3.63) is 53.5 Å². The summed E-state index contributed by atoms with van der Waals surface area (Å²) in [6.45, 7) is 6.30. The number of hydrogen-bond acceptors (Lipinski definition) is 7. The summed E-state index contributed by atoms with van der Waals surface area (Å²) in [6.07, 6.45) is 3.56. The smallest absolute Gasteiger partial charge is 0.269 e. The van der Waals surface area contributed by atoms with Gasteiger partial charge in [0.15, 0.2) is 5.82 Å². The summed E-state index contributed by atoms with van der Waals surface area (Å²) in [5.74, 6) is 1.24. The van der Waals surface area contributed by atoms with E-state index in [0.29, 0.717) is 47.3 Å². The van der Waals surface area contributed by atoms with E-state index in [0.717, 1.165) is 5.56 Å². The van der Waals surface area contributed by atoms with Crippen LogP contribution in [0.1, 0.15) is 47.2 Å². The van der Waals surface area contributed by atoms with Gasteiger partial charge < -0.3 is 20.1 Å². The number of carbonyl (C=O) groups excluding carboxylic acids is 2. The second-order valence-corrected chi connectivity index (χ2v) is 8.00. The minimum Gasteiger partial charge on any atom is -0.487 e. The van der Waals surface area contributed by atoms with Crippen LogP contribution in [0.4, 0.5) is 5.82 Å². The highest BCUT2D eigenvalue weighted by atomic mass is 16.5. The molecule has 0 saturated carbocycles. The molecule has 3 heterocycles. The zero-order chi connectivity index (χ0) is 22.9. The number of amides is 2. The topological polar surface area (TPSA) is 120 Å². The molecule has 32 heavy (non-hydrogen) atoms. The Labute approximate surface area is 184 Å². The number of benzene rings is 1. The van der Waals surface area contributed by atoms with Gasteiger partial charge in [0.1, 0.15) is 28.5 Å². The lowest BCUT2D eigenvalue weighted by molar-refractivity contribution is 0.0950. The molecule has 1 aliphatic heterocycles. The molecule has 0 radical (unpaired) electrons. The van der Waals surface area contributed by atoms with Gasteiger partial charge in [-0.3, -0.25) is 9.59 Å². The molecule has 0 atom stereocenters. The number of nitrogens with zero attached hydrogens (tertiary/aromatic N) is 4. The minimum absolute atomic E-state index is 0.252. The maximum absolute atomic E-state index is 12.8. The Morgan fingerprint density at radius 1 is 1.22 bits per heavy atom. The first-order chi connectivity index (χ1) is 15.2. The largest absolute Gasteiger partial charge is 0.487 e. The summed E-state index contributed by atoms with van der Waals surface area (Å²) in [5.41, 5.74) is 1.08. The third-order valence-electron chi connectivity index (χ3n) is 4.79. The molecule has 0 unspecified atom stereocenters. The predicted molar refractivity (Wildman–Crippen MR) is 116 cm³/mol. The Balaban J connectivity index is 1.62. The molecule has 3 aromatic rings. The molecule has 1 aromatic carbocycles. The van der Waals surface area contributed by atoms with Crippen molar-refractivity contribution in [2.45, 2.75) is 32.8 Å². The molecular formula is C22H24N6O4. The summed E-state index contributed by atoms with van der Waals surface area (Å²) in [4.78, 5) is 30.3. The quantitative estimate of drug-likeness (QED) is 0.609. The molecule has 0 fully saturated rings. The Morgan fingerprint density at radius 2 is 2.03 bits per heavy atom. The van der Waals surface area contributed by atoms with Crippen molar-refractivity contribution in [1.82, 2.24) is 25.3 Å². The van der Waals surface area contributed by atoms with E-state index < -0.39 is 5.60 Å². The number of carbonyl (C=O) groups is 2. The van der Waals surface area contributed by atoms with Crippen LogP contribution in [0.25, 0.3) is 0 Å². The van der Waals surface area contributed by atoms with Crippen molar-refractivity contribution >= 4 is 17.6 Å². The van der Waals surface area contributed by atoms with E-state index in [1.54, 1.807) is 31.3 Å². The van der Waals surface area contributed by atoms with Gasteiger partial charge in [0.05, 0.1) is 12.4 Å². The van der Waals surface area contributed by atoms with Crippen molar-refractivity contribution in [3.8, 4) is 17.2 Å². The van der Waals surface area contributed by atoms with Gasteiger partial charge in [0, 0.05) is 31.1 Å². The first-order valence-electron chi connectivity index (χ1n) is 10.2. The number of aromatic nitrogens is 4. The number of hydrogen-bond donors (Lipinski definition) is 2. The Hall–Kier alpha value is -3.95. The average molecular weight is 436 g/mol. The van der Waals surface area contributed by atoms with Crippen molar-refractivity contribution in [2.75, 3.05) is 11.9 Å². The second kappa shape index (κ2) is 8.29. The van der Waals surface area contributed by atoms with E-state index >= 15 is 0 Å². The van der Waals surface area contributed by atoms with Crippen LogP contribution >= 0.6 is 0 Å². The van der Waals surface area contributed by atoms with E-state index in [-0.39, 0.29) is 11.8 Å². The highest BCUT2D eigenvalue weighted by molar-refractivity contribution is 6.04. The van der Waals surface area contributed by atoms with Gasteiger partial charge in [-0.2, -0.15) is 9.90 Å². The van der Waals surface area contributed by atoms with Gasteiger partial charge in [0.25, 0.3) is 11.8 Å². The van der Waals surface area contributed by atoms with Crippen molar-refractivity contribution in [3.63, 3.8) is 0 Å². The molecule has 10 nitrogen and oxygen atoms in total. The summed E-state index contributed by atoms with van der Waals surface area (Å²) >= 11 is 0. The van der Waals surface area contributed by atoms with Gasteiger partial charge in [-0.25, -0.2) is 4.98 Å². The minimum atomic E-state index is -0.430. The van der Waals surface area contributed by atoms with E-state index in [1.165, 1.54) is 17.2 Å². The molecule has 0 bridgehead atoms. The molecule has 2 amide bonds. The number of nitrogens with one attached hydrogen (secondary N) is 2. The number of aryl methyl sites for hydroxylation is 1. The fourth-order valence-corrected chi connectivity index (χ4v) is 3.41. The number of pyridine rings is 1. The summed E-state index contributed by atoms with van der Waals surface area (Å²) < 4.78 is 12.1.